The van der Waals surface area contributed by atoms with E-state index in [-0.39, 0.29) is 12.2 Å². The minimum Gasteiger partial charge on any atom is -0.490 e. The van der Waals surface area contributed by atoms with Gasteiger partial charge in [-0.15, -0.1) is 0 Å². The minimum absolute atomic E-state index is 0.174. The summed E-state index contributed by atoms with van der Waals surface area (Å²) in [7, 11) is 1.26. The van der Waals surface area contributed by atoms with Crippen LogP contribution in [-0.2, 0) is 14.3 Å². The number of carboxylic acids is 1. The maximum Gasteiger partial charge on any atom is 0.341 e. The summed E-state index contributed by atoms with van der Waals surface area (Å²) in [6, 6.07) is 8.78. The third kappa shape index (κ3) is 8.22. The molecule has 13 nitrogen and oxygen atoms in total. The monoisotopic (exact) mass is 668 g/mol. The molecular weight excluding hydrogens is 639 g/mol. The van der Waals surface area contributed by atoms with E-state index in [9.17, 15) is 19.5 Å². The van der Waals surface area contributed by atoms with E-state index in [4.69, 9.17) is 24.1 Å². The van der Waals surface area contributed by atoms with E-state index in [0.29, 0.717) is 44.2 Å². The van der Waals surface area contributed by atoms with Crippen molar-refractivity contribution in [3.05, 3.63) is 62.4 Å². The number of carboxylic acid groups (broad SMARTS) is 1. The van der Waals surface area contributed by atoms with Crippen molar-refractivity contribution in [2.24, 2.45) is 5.10 Å². The van der Waals surface area contributed by atoms with Crippen LogP contribution in [0.4, 0.5) is 4.79 Å². The SMILES string of the molecule is CCOc1cc([C@@H]2NC(=O)NC(C)=C2C(=O)OC)ccc1OC[C@@H](O)N/N=C\c1ccc(OCC(=O)O)c(I)c1. The maximum atomic E-state index is 12.4. The zero-order valence-electron chi connectivity index (χ0n) is 21.9. The zero-order valence-corrected chi connectivity index (χ0v) is 24.1. The second kappa shape index (κ2) is 14.4. The molecule has 40 heavy (non-hydrogen) atoms. The molecule has 0 aromatic heterocycles. The van der Waals surface area contributed by atoms with Gasteiger partial charge in [0.15, 0.2) is 24.3 Å². The van der Waals surface area contributed by atoms with Crippen LogP contribution in [0.2, 0.25) is 0 Å². The quantitative estimate of drug-likeness (QED) is 0.0700. The number of hydrazone groups is 1. The average molecular weight is 668 g/mol. The Hall–Kier alpha value is -4.05. The number of aliphatic carboxylic acids is 1. The second-order valence-corrected chi connectivity index (χ2v) is 9.45. The van der Waals surface area contributed by atoms with E-state index < -0.39 is 36.8 Å². The van der Waals surface area contributed by atoms with Gasteiger partial charge in [-0.2, -0.15) is 5.10 Å². The first-order chi connectivity index (χ1) is 19.1. The molecule has 0 saturated carbocycles. The maximum absolute atomic E-state index is 12.4. The molecule has 1 heterocycles. The van der Waals surface area contributed by atoms with Gasteiger partial charge in [-0.3, -0.25) is 5.43 Å². The number of hydrogen-bond acceptors (Lipinski definition) is 10. The fourth-order valence-corrected chi connectivity index (χ4v) is 4.37. The van der Waals surface area contributed by atoms with Gasteiger partial charge in [-0.25, -0.2) is 14.4 Å². The van der Waals surface area contributed by atoms with Gasteiger partial charge in [0, 0.05) is 5.70 Å². The molecule has 0 saturated heterocycles. The number of aliphatic hydroxyl groups excluding tert-OH is 1. The molecule has 0 aliphatic carbocycles. The average Bonchev–Trinajstić information content (AvgIpc) is 2.91. The molecule has 5 N–H and O–H groups in total. The highest BCUT2D eigenvalue weighted by molar-refractivity contribution is 14.1. The highest BCUT2D eigenvalue weighted by Gasteiger charge is 2.32. The number of benzene rings is 2. The highest BCUT2D eigenvalue weighted by Crippen LogP contribution is 2.35. The van der Waals surface area contributed by atoms with Gasteiger partial charge >= 0.3 is 18.0 Å². The Balaban J connectivity index is 1.65. The number of nitrogens with one attached hydrogen (secondary N) is 3. The van der Waals surface area contributed by atoms with Gasteiger partial charge in [0.05, 0.1) is 35.1 Å². The number of allylic oxidation sites excluding steroid dienone is 1. The Morgan fingerprint density at radius 2 is 1.90 bits per heavy atom. The highest BCUT2D eigenvalue weighted by atomic mass is 127. The van der Waals surface area contributed by atoms with Gasteiger partial charge in [0.2, 0.25) is 0 Å². The lowest BCUT2D eigenvalue weighted by molar-refractivity contribution is -0.139. The van der Waals surface area contributed by atoms with Crippen molar-refractivity contribution in [2.75, 3.05) is 26.9 Å². The fraction of sp³-hybridized carbons (Fsp3) is 0.308. The standard InChI is InChI=1S/C26H29IN4O9/c1-4-38-20-10-16(24-23(25(35)37-3)14(2)29-26(36)30-24)6-8-19(20)39-12-21(32)31-28-11-15-5-7-18(17(27)9-15)40-13-22(33)34/h5-11,21,24,31-32H,4,12-13H2,1-3H3,(H,33,34)(H2,29,30,36)/b28-11-/t21-,24+/m1/s1. The Morgan fingerprint density at radius 3 is 2.58 bits per heavy atom. The molecule has 0 bridgehead atoms. The number of aliphatic hydroxyl groups is 1. The lowest BCUT2D eigenvalue weighted by Gasteiger charge is -2.28. The largest absolute Gasteiger partial charge is 0.490 e. The van der Waals surface area contributed by atoms with Crippen LogP contribution in [-0.4, -0.2) is 67.6 Å². The summed E-state index contributed by atoms with van der Waals surface area (Å²) >= 11 is 2.02. The Bertz CT molecular complexity index is 1320. The first kappa shape index (κ1) is 30.5. The molecule has 14 heteroatoms. The predicted octanol–water partition coefficient (Wildman–Crippen LogP) is 2.28. The van der Waals surface area contributed by atoms with Crippen LogP contribution in [0.15, 0.2) is 52.8 Å². The Kier molecular flexibility index (Phi) is 11.0. The fourth-order valence-electron chi connectivity index (χ4n) is 3.67. The molecule has 0 unspecified atom stereocenters. The summed E-state index contributed by atoms with van der Waals surface area (Å²) < 4.78 is 22.2. The predicted molar refractivity (Wildman–Crippen MR) is 151 cm³/mol. The Labute approximate surface area is 243 Å². The lowest BCUT2D eigenvalue weighted by atomic mass is 9.95. The molecule has 214 valence electrons. The molecule has 0 fully saturated rings. The van der Waals surface area contributed by atoms with Crippen LogP contribution < -0.4 is 30.3 Å². The van der Waals surface area contributed by atoms with Crippen molar-refractivity contribution in [2.45, 2.75) is 26.1 Å². The number of carbonyl (C=O) groups is 3. The van der Waals surface area contributed by atoms with E-state index in [0.717, 1.165) is 0 Å². The molecule has 2 atom stereocenters. The van der Waals surface area contributed by atoms with E-state index in [1.54, 1.807) is 50.2 Å². The first-order valence-electron chi connectivity index (χ1n) is 12.0. The number of hydrogen-bond donors (Lipinski definition) is 5. The molecule has 1 aliphatic heterocycles. The van der Waals surface area contributed by atoms with Crippen LogP contribution >= 0.6 is 22.6 Å². The zero-order chi connectivity index (χ0) is 29.2. The number of esters is 1. The van der Waals surface area contributed by atoms with E-state index in [1.165, 1.54) is 13.3 Å². The number of carbonyl (C=O) groups excluding carboxylic acids is 2. The topological polar surface area (TPSA) is 177 Å². The van der Waals surface area contributed by atoms with Crippen molar-refractivity contribution < 1.29 is 43.5 Å². The van der Waals surface area contributed by atoms with Crippen LogP contribution in [0.5, 0.6) is 17.2 Å². The lowest BCUT2D eigenvalue weighted by Crippen LogP contribution is -2.45. The smallest absolute Gasteiger partial charge is 0.341 e. The van der Waals surface area contributed by atoms with Gasteiger partial charge in [0.1, 0.15) is 12.4 Å². The van der Waals surface area contributed by atoms with Crippen molar-refractivity contribution in [3.63, 3.8) is 0 Å². The minimum atomic E-state index is -1.16. The van der Waals surface area contributed by atoms with Crippen LogP contribution in [0.3, 0.4) is 0 Å². The molecule has 3 rings (SSSR count). The molecule has 1 aliphatic rings. The molecule has 2 aromatic rings. The summed E-state index contributed by atoms with van der Waals surface area (Å²) in [5.41, 5.74) is 4.47. The number of methoxy groups -OCH3 is 1. The van der Waals surface area contributed by atoms with E-state index in [2.05, 4.69) is 21.2 Å². The number of urea groups is 1. The first-order valence-corrected chi connectivity index (χ1v) is 13.1. The van der Waals surface area contributed by atoms with Crippen molar-refractivity contribution in [1.82, 2.24) is 16.1 Å². The third-order valence-electron chi connectivity index (χ3n) is 5.42. The van der Waals surface area contributed by atoms with Gasteiger partial charge in [-0.05, 0) is 77.9 Å². The van der Waals surface area contributed by atoms with Crippen LogP contribution in [0.1, 0.15) is 31.0 Å². The summed E-state index contributed by atoms with van der Waals surface area (Å²) in [5, 5.41) is 28.3. The van der Waals surface area contributed by atoms with Gasteiger partial charge in [-0.1, -0.05) is 6.07 Å². The van der Waals surface area contributed by atoms with E-state index >= 15 is 0 Å². The third-order valence-corrected chi connectivity index (χ3v) is 6.26. The normalized spacial score (nSPS) is 15.6. The van der Waals surface area contributed by atoms with Crippen LogP contribution in [0, 0.1) is 3.57 Å². The number of nitrogens with zero attached hydrogens (tertiary/aromatic N) is 1. The van der Waals surface area contributed by atoms with Crippen molar-refractivity contribution in [1.29, 1.82) is 0 Å². The Morgan fingerprint density at radius 1 is 1.15 bits per heavy atom. The summed E-state index contributed by atoms with van der Waals surface area (Å²) in [4.78, 5) is 35.1. The molecular formula is C26H29IN4O9. The molecule has 0 spiro atoms. The number of amides is 2. The number of ether oxygens (including phenoxy) is 4. The molecule has 2 amide bonds. The second-order valence-electron chi connectivity index (χ2n) is 8.29. The summed E-state index contributed by atoms with van der Waals surface area (Å²) in [6.07, 6.45) is 0.317. The number of rotatable bonds is 13. The van der Waals surface area contributed by atoms with Crippen molar-refractivity contribution >= 4 is 46.8 Å². The van der Waals surface area contributed by atoms with Gasteiger partial charge in [0.25, 0.3) is 0 Å². The van der Waals surface area contributed by atoms with Gasteiger partial charge < -0.3 is 39.8 Å². The van der Waals surface area contributed by atoms with Crippen LogP contribution in [0.25, 0.3) is 0 Å². The van der Waals surface area contributed by atoms with E-state index in [1.807, 2.05) is 22.6 Å². The molecule has 2 aromatic carbocycles. The molecule has 0 radical (unpaired) electrons. The summed E-state index contributed by atoms with van der Waals surface area (Å²) in [6.45, 7) is 3.12. The number of halogens is 1. The van der Waals surface area contributed by atoms with Crippen molar-refractivity contribution in [3.8, 4) is 17.2 Å². The summed E-state index contributed by atoms with van der Waals surface area (Å²) in [5.74, 6) is -0.526.